The van der Waals surface area contributed by atoms with Crippen LogP contribution in [-0.4, -0.2) is 119 Å². The van der Waals surface area contributed by atoms with Crippen molar-refractivity contribution in [3.63, 3.8) is 0 Å². The Kier molecular flexibility index (Phi) is 16.4. The van der Waals surface area contributed by atoms with Crippen molar-refractivity contribution in [1.82, 2.24) is 14.7 Å². The first-order chi connectivity index (χ1) is 18.3. The summed E-state index contributed by atoms with van der Waals surface area (Å²) in [6.45, 7) is -2.41. The van der Waals surface area contributed by atoms with Crippen LogP contribution in [0.3, 0.4) is 0 Å². The quantitative estimate of drug-likeness (QED) is 0.136. The van der Waals surface area contributed by atoms with Crippen LogP contribution in [0.1, 0.15) is 26.3 Å². The highest BCUT2D eigenvalue weighted by Gasteiger charge is 2.24. The van der Waals surface area contributed by atoms with E-state index < -0.39 is 68.6 Å². The number of carbonyl (C=O) groups excluding carboxylic acids is 4. The molecule has 15 nitrogen and oxygen atoms in total. The monoisotopic (exact) mass is 567 g/mol. The van der Waals surface area contributed by atoms with Gasteiger partial charge in [0.05, 0.1) is 31.0 Å². The van der Waals surface area contributed by atoms with E-state index in [0.717, 1.165) is 9.80 Å². The first-order valence-electron chi connectivity index (χ1n) is 11.9. The predicted molar refractivity (Wildman–Crippen MR) is 134 cm³/mol. The first-order valence-corrected chi connectivity index (χ1v) is 11.9. The zero-order chi connectivity index (χ0) is 29.5. The van der Waals surface area contributed by atoms with Crippen molar-refractivity contribution in [1.29, 1.82) is 0 Å². The summed E-state index contributed by atoms with van der Waals surface area (Å²) in [7, 11) is 0. The van der Waals surface area contributed by atoms with Crippen LogP contribution in [0, 0.1) is 0 Å². The van der Waals surface area contributed by atoms with Gasteiger partial charge in [-0.1, -0.05) is 26.5 Å². The molecule has 1 amide bonds. The average molecular weight is 568 g/mol. The van der Waals surface area contributed by atoms with Crippen LogP contribution in [0.5, 0.6) is 0 Å². The van der Waals surface area contributed by atoms with Gasteiger partial charge < -0.3 is 45.2 Å². The fourth-order valence-electron chi connectivity index (χ4n) is 3.80. The molecule has 1 rings (SSSR count). The van der Waals surface area contributed by atoms with E-state index in [1.807, 2.05) is 0 Å². The van der Waals surface area contributed by atoms with Crippen LogP contribution in [-0.2, 0) is 35.2 Å². The molecule has 0 aromatic heterocycles. The lowest BCUT2D eigenvalue weighted by Crippen LogP contribution is -2.54. The van der Waals surface area contributed by atoms with Gasteiger partial charge in [0.2, 0.25) is 5.91 Å². The van der Waals surface area contributed by atoms with Crippen LogP contribution in [0.25, 0.3) is 0 Å². The van der Waals surface area contributed by atoms with Gasteiger partial charge in [0, 0.05) is 57.4 Å². The molecule has 1 aromatic rings. The highest BCUT2D eigenvalue weighted by molar-refractivity contribution is 5.90. The lowest BCUT2D eigenvalue weighted by molar-refractivity contribution is -0.311. The van der Waals surface area contributed by atoms with E-state index in [-0.39, 0.29) is 45.8 Å². The molecule has 0 bridgehead atoms. The molecule has 40 heavy (non-hydrogen) atoms. The van der Waals surface area contributed by atoms with Gasteiger partial charge in [0.15, 0.2) is 0 Å². The number of carboxylic acid groups (broad SMARTS) is 5. The molecule has 0 aliphatic heterocycles. The van der Waals surface area contributed by atoms with Crippen molar-refractivity contribution >= 4 is 41.4 Å². The smallest absolute Gasteiger partial charge is 0.317 e. The molecule has 0 fully saturated rings. The van der Waals surface area contributed by atoms with Crippen molar-refractivity contribution in [2.75, 3.05) is 57.7 Å². The number of aliphatic carboxylic acids is 5. The second-order valence-corrected chi connectivity index (χ2v) is 8.71. The Labute approximate surface area is 231 Å². The minimum Gasteiger partial charge on any atom is -0.549 e. The van der Waals surface area contributed by atoms with Gasteiger partial charge in [-0.3, -0.25) is 29.1 Å². The molecule has 1 atom stereocenters. The molecular weight excluding hydrogens is 532 g/mol. The molecule has 0 spiro atoms. The van der Waals surface area contributed by atoms with E-state index in [2.05, 4.69) is 5.32 Å². The molecule has 0 saturated heterocycles. The molecule has 0 heterocycles. The second-order valence-electron chi connectivity index (χ2n) is 8.71. The zero-order valence-corrected chi connectivity index (χ0v) is 21.4. The summed E-state index contributed by atoms with van der Waals surface area (Å²) in [5.41, 5.74) is 1.11. The number of amides is 1. The SMILES string of the molecule is C.CCC(=O)Nc1ccc(CC(CN(CCN(CC(=O)[O-])CC(=O)O)CC(=O)O)N(CC(=O)[O-])CC(=O)[O-])cc1. The second kappa shape index (κ2) is 18.3. The van der Waals surface area contributed by atoms with Crippen molar-refractivity contribution in [2.24, 2.45) is 0 Å². The van der Waals surface area contributed by atoms with Crippen LogP contribution >= 0.6 is 0 Å². The number of nitrogens with one attached hydrogen (secondary N) is 1. The number of benzene rings is 1. The number of rotatable bonds is 20. The summed E-state index contributed by atoms with van der Waals surface area (Å²) in [6.07, 6.45) is 0.314. The summed E-state index contributed by atoms with van der Waals surface area (Å²) in [5, 5.41) is 54.8. The van der Waals surface area contributed by atoms with Crippen molar-refractivity contribution < 1.29 is 54.3 Å². The summed E-state index contributed by atoms with van der Waals surface area (Å²) >= 11 is 0. The Morgan fingerprint density at radius 2 is 1.25 bits per heavy atom. The average Bonchev–Trinajstić information content (AvgIpc) is 2.81. The van der Waals surface area contributed by atoms with Crippen LogP contribution in [0.2, 0.25) is 0 Å². The van der Waals surface area contributed by atoms with E-state index in [1.165, 1.54) is 4.90 Å². The highest BCUT2D eigenvalue weighted by Crippen LogP contribution is 2.15. The molecule has 15 heteroatoms. The van der Waals surface area contributed by atoms with Crippen LogP contribution in [0.4, 0.5) is 5.69 Å². The van der Waals surface area contributed by atoms with E-state index in [9.17, 15) is 49.2 Å². The topological polar surface area (TPSA) is 234 Å². The lowest BCUT2D eigenvalue weighted by Gasteiger charge is -2.36. The van der Waals surface area contributed by atoms with Gasteiger partial charge in [-0.2, -0.15) is 0 Å². The Morgan fingerprint density at radius 3 is 1.70 bits per heavy atom. The third kappa shape index (κ3) is 15.4. The van der Waals surface area contributed by atoms with Crippen LogP contribution in [0.15, 0.2) is 24.3 Å². The van der Waals surface area contributed by atoms with E-state index >= 15 is 0 Å². The number of hydrogen-bond donors (Lipinski definition) is 3. The third-order valence-electron chi connectivity index (χ3n) is 5.48. The number of anilines is 1. The molecule has 0 saturated carbocycles. The highest BCUT2D eigenvalue weighted by atomic mass is 16.4. The van der Waals surface area contributed by atoms with Crippen molar-refractivity contribution in [3.05, 3.63) is 29.8 Å². The van der Waals surface area contributed by atoms with Gasteiger partial charge >= 0.3 is 11.9 Å². The molecule has 3 N–H and O–H groups in total. The minimum atomic E-state index is -1.58. The van der Waals surface area contributed by atoms with E-state index in [0.29, 0.717) is 11.3 Å². The fraction of sp³-hybridized carbons (Fsp3) is 0.520. The molecule has 224 valence electrons. The number of hydrogen-bond acceptors (Lipinski definition) is 12. The Bertz CT molecular complexity index is 985. The number of nitrogens with zero attached hydrogens (tertiary/aromatic N) is 3. The Balaban J connectivity index is 0.0000152. The maximum atomic E-state index is 11.6. The third-order valence-corrected chi connectivity index (χ3v) is 5.48. The fourth-order valence-corrected chi connectivity index (χ4v) is 3.80. The molecule has 0 radical (unpaired) electrons. The van der Waals surface area contributed by atoms with E-state index in [4.69, 9.17) is 5.11 Å². The summed E-state index contributed by atoms with van der Waals surface area (Å²) in [4.78, 5) is 71.3. The molecule has 0 aliphatic carbocycles. The van der Waals surface area contributed by atoms with Gasteiger partial charge in [-0.25, -0.2) is 0 Å². The van der Waals surface area contributed by atoms with Crippen molar-refractivity contribution in [2.45, 2.75) is 33.2 Å². The largest absolute Gasteiger partial charge is 0.549 e. The Morgan fingerprint density at radius 1 is 0.775 bits per heavy atom. The maximum absolute atomic E-state index is 11.6. The zero-order valence-electron chi connectivity index (χ0n) is 21.4. The first kappa shape index (κ1) is 35.9. The van der Waals surface area contributed by atoms with Crippen LogP contribution < -0.4 is 20.6 Å². The standard InChI is InChI=1S/C24H34N4O11.CH4/c1-2-19(29)25-17-5-3-16(4-6-17)9-18(28(14-23(36)37)15-24(38)39)10-26(11-20(30)31)7-8-27(12-21(32)33)13-22(34)35;/h3-6,18H,2,7-15H2,1H3,(H,25,29)(H,30,31)(H,32,33)(H,34,35)(H,36,37)(H,38,39);1H4/p-3. The van der Waals surface area contributed by atoms with Gasteiger partial charge in [0.1, 0.15) is 0 Å². The maximum Gasteiger partial charge on any atom is 0.317 e. The Hall–Kier alpha value is -4.08. The van der Waals surface area contributed by atoms with Gasteiger partial charge in [0.25, 0.3) is 0 Å². The lowest BCUT2D eigenvalue weighted by atomic mass is 10.0. The number of carbonyl (C=O) groups is 6. The number of carboxylic acids is 5. The minimum absolute atomic E-state index is 0. The predicted octanol–water partition coefficient (Wildman–Crippen LogP) is -4.09. The molecular formula is C25H35N4O11-3. The summed E-state index contributed by atoms with van der Waals surface area (Å²) < 4.78 is 0. The van der Waals surface area contributed by atoms with Gasteiger partial charge in [-0.15, -0.1) is 0 Å². The summed E-state index contributed by atoms with van der Waals surface area (Å²) in [6, 6.07) is 5.56. The normalized spacial score (nSPS) is 11.6. The molecule has 1 unspecified atom stereocenters. The van der Waals surface area contributed by atoms with Gasteiger partial charge in [-0.05, 0) is 24.1 Å². The molecule has 0 aliphatic rings. The summed E-state index contributed by atoms with van der Waals surface area (Å²) in [5.74, 6) is -7.50. The van der Waals surface area contributed by atoms with Crippen molar-refractivity contribution in [3.8, 4) is 0 Å². The molecule has 1 aromatic carbocycles. The van der Waals surface area contributed by atoms with E-state index in [1.54, 1.807) is 31.2 Å².